The molecule has 0 atom stereocenters. The molecule has 132 valence electrons. The highest BCUT2D eigenvalue weighted by Crippen LogP contribution is 2.11. The third-order valence-electron chi connectivity index (χ3n) is 2.73. The van der Waals surface area contributed by atoms with E-state index >= 15 is 0 Å². The Morgan fingerprint density at radius 3 is 2.05 bits per heavy atom. The minimum absolute atomic E-state index is 0.0622. The van der Waals surface area contributed by atoms with Crippen molar-refractivity contribution in [3.63, 3.8) is 0 Å². The number of rotatable bonds is 7. The second-order valence-electron chi connectivity index (χ2n) is 5.59. The van der Waals surface area contributed by atoms with E-state index in [2.05, 4.69) is 0 Å². The molecular weight excluding hydrogens is 284 g/mol. The number of unbranched alkanes of at least 4 members (excludes halogenated alkanes) is 1. The fourth-order valence-corrected chi connectivity index (χ4v) is 1.54. The summed E-state index contributed by atoms with van der Waals surface area (Å²) in [4.78, 5) is 29.8. The van der Waals surface area contributed by atoms with Crippen molar-refractivity contribution in [2.45, 2.75) is 66.4 Å². The standard InChI is InChI=1S/C14H28N2O4.C2H6/c1-7-16(13(18)20-14(2,3)4)11-9-8-10-12(17)15(5)19-6;1-2/h7-11H2,1-6H3;1-2H3. The molecular formula is C16H34N2O4. The van der Waals surface area contributed by atoms with E-state index in [1.54, 1.807) is 11.9 Å². The molecule has 0 aromatic heterocycles. The number of carbonyl (C=O) groups excluding carboxylic acids is 2. The van der Waals surface area contributed by atoms with Crippen molar-refractivity contribution in [2.24, 2.45) is 0 Å². The first-order valence-electron chi connectivity index (χ1n) is 7.99. The van der Waals surface area contributed by atoms with Crippen LogP contribution < -0.4 is 0 Å². The van der Waals surface area contributed by atoms with Crippen LogP contribution in [0.15, 0.2) is 0 Å². The maximum Gasteiger partial charge on any atom is 0.410 e. The number of amides is 2. The summed E-state index contributed by atoms with van der Waals surface area (Å²) in [5.41, 5.74) is -0.484. The zero-order valence-corrected chi connectivity index (χ0v) is 15.6. The highest BCUT2D eigenvalue weighted by Gasteiger charge is 2.20. The van der Waals surface area contributed by atoms with Crippen LogP contribution in [0.3, 0.4) is 0 Å². The average Bonchev–Trinajstić information content (AvgIpc) is 2.46. The lowest BCUT2D eigenvalue weighted by Crippen LogP contribution is -2.37. The van der Waals surface area contributed by atoms with Gasteiger partial charge >= 0.3 is 6.09 Å². The molecule has 0 saturated carbocycles. The Labute approximate surface area is 135 Å². The van der Waals surface area contributed by atoms with Gasteiger partial charge in [0, 0.05) is 26.6 Å². The summed E-state index contributed by atoms with van der Waals surface area (Å²) in [7, 11) is 3.04. The molecule has 0 fully saturated rings. The predicted octanol–water partition coefficient (Wildman–Crippen LogP) is 3.46. The molecule has 0 radical (unpaired) electrons. The van der Waals surface area contributed by atoms with Gasteiger partial charge in [-0.05, 0) is 40.5 Å². The summed E-state index contributed by atoms with van der Waals surface area (Å²) >= 11 is 0. The minimum atomic E-state index is -0.484. The van der Waals surface area contributed by atoms with Crippen molar-refractivity contribution in [3.05, 3.63) is 0 Å². The second kappa shape index (κ2) is 12.3. The van der Waals surface area contributed by atoms with Gasteiger partial charge in [0.15, 0.2) is 0 Å². The van der Waals surface area contributed by atoms with Gasteiger partial charge in [0.05, 0.1) is 7.11 Å². The molecule has 0 aromatic carbocycles. The van der Waals surface area contributed by atoms with Crippen molar-refractivity contribution in [1.82, 2.24) is 9.96 Å². The van der Waals surface area contributed by atoms with E-state index in [-0.39, 0.29) is 12.0 Å². The smallest absolute Gasteiger partial charge is 0.410 e. The van der Waals surface area contributed by atoms with Crippen molar-refractivity contribution in [3.8, 4) is 0 Å². The van der Waals surface area contributed by atoms with Gasteiger partial charge in [-0.25, -0.2) is 9.86 Å². The van der Waals surface area contributed by atoms with Gasteiger partial charge in [0.2, 0.25) is 5.91 Å². The topological polar surface area (TPSA) is 59.1 Å². The van der Waals surface area contributed by atoms with Crippen LogP contribution in [0, 0.1) is 0 Å². The van der Waals surface area contributed by atoms with Crippen LogP contribution in [0.5, 0.6) is 0 Å². The molecule has 0 heterocycles. The van der Waals surface area contributed by atoms with Gasteiger partial charge in [0.25, 0.3) is 0 Å². The number of hydrogen-bond acceptors (Lipinski definition) is 4. The summed E-state index contributed by atoms with van der Waals surface area (Å²) in [6.07, 6.45) is 1.58. The molecule has 0 N–H and O–H groups in total. The van der Waals surface area contributed by atoms with Gasteiger partial charge in [-0.3, -0.25) is 9.63 Å². The summed E-state index contributed by atoms with van der Waals surface area (Å²) in [6, 6.07) is 0. The van der Waals surface area contributed by atoms with E-state index < -0.39 is 5.60 Å². The molecule has 0 aliphatic rings. The quantitative estimate of drug-likeness (QED) is 0.533. The number of hydrogen-bond donors (Lipinski definition) is 0. The molecule has 6 nitrogen and oxygen atoms in total. The second-order valence-corrected chi connectivity index (χ2v) is 5.59. The molecule has 0 bridgehead atoms. The summed E-state index contributed by atoms with van der Waals surface area (Å²) in [5, 5.41) is 1.21. The van der Waals surface area contributed by atoms with E-state index in [0.717, 1.165) is 6.42 Å². The third-order valence-corrected chi connectivity index (χ3v) is 2.73. The monoisotopic (exact) mass is 318 g/mol. The SMILES string of the molecule is CC.CCN(CCCCC(=O)N(C)OC)C(=O)OC(C)(C)C. The Morgan fingerprint density at radius 2 is 1.64 bits per heavy atom. The highest BCUT2D eigenvalue weighted by molar-refractivity contribution is 5.74. The molecule has 2 amide bonds. The predicted molar refractivity (Wildman–Crippen MR) is 88.5 cm³/mol. The average molecular weight is 318 g/mol. The number of hydroxylamine groups is 2. The van der Waals surface area contributed by atoms with Gasteiger partial charge in [0.1, 0.15) is 5.60 Å². The van der Waals surface area contributed by atoms with E-state index in [1.807, 2.05) is 41.5 Å². The highest BCUT2D eigenvalue weighted by atomic mass is 16.7. The fraction of sp³-hybridized carbons (Fsp3) is 0.875. The van der Waals surface area contributed by atoms with Crippen molar-refractivity contribution in [1.29, 1.82) is 0 Å². The molecule has 0 unspecified atom stereocenters. The summed E-state index contributed by atoms with van der Waals surface area (Å²) in [5.74, 6) is -0.0622. The van der Waals surface area contributed by atoms with E-state index in [1.165, 1.54) is 12.2 Å². The Hall–Kier alpha value is -1.30. The molecule has 0 aromatic rings. The first kappa shape index (κ1) is 23.0. The minimum Gasteiger partial charge on any atom is -0.444 e. The van der Waals surface area contributed by atoms with Crippen molar-refractivity contribution >= 4 is 12.0 Å². The van der Waals surface area contributed by atoms with Crippen LogP contribution in [0.1, 0.15) is 60.8 Å². The van der Waals surface area contributed by atoms with Crippen LogP contribution in [-0.2, 0) is 14.4 Å². The van der Waals surface area contributed by atoms with E-state index in [9.17, 15) is 9.59 Å². The Balaban J connectivity index is 0. The third kappa shape index (κ3) is 11.4. The maximum absolute atomic E-state index is 11.9. The summed E-state index contributed by atoms with van der Waals surface area (Å²) in [6.45, 7) is 12.6. The molecule has 6 heteroatoms. The van der Waals surface area contributed by atoms with Gasteiger partial charge in [-0.1, -0.05) is 13.8 Å². The molecule has 0 spiro atoms. The molecule has 0 saturated heterocycles. The number of carbonyl (C=O) groups is 2. The van der Waals surface area contributed by atoms with E-state index in [4.69, 9.17) is 9.57 Å². The Bertz CT molecular complexity index is 314. The first-order chi connectivity index (χ1) is 10.2. The first-order valence-corrected chi connectivity index (χ1v) is 7.99. The zero-order chi connectivity index (χ0) is 17.8. The van der Waals surface area contributed by atoms with Crippen molar-refractivity contribution in [2.75, 3.05) is 27.2 Å². The lowest BCUT2D eigenvalue weighted by molar-refractivity contribution is -0.168. The van der Waals surface area contributed by atoms with Crippen molar-refractivity contribution < 1.29 is 19.2 Å². The van der Waals surface area contributed by atoms with Gasteiger partial charge < -0.3 is 9.64 Å². The number of nitrogens with zero attached hydrogens (tertiary/aromatic N) is 2. The summed E-state index contributed by atoms with van der Waals surface area (Å²) < 4.78 is 5.32. The molecule has 22 heavy (non-hydrogen) atoms. The number of ether oxygens (including phenoxy) is 1. The molecule has 0 rings (SSSR count). The largest absolute Gasteiger partial charge is 0.444 e. The Morgan fingerprint density at radius 1 is 1.09 bits per heavy atom. The zero-order valence-electron chi connectivity index (χ0n) is 15.6. The van der Waals surface area contributed by atoms with Crippen LogP contribution >= 0.6 is 0 Å². The Kier molecular flexibility index (Phi) is 12.8. The fourth-order valence-electron chi connectivity index (χ4n) is 1.54. The van der Waals surface area contributed by atoms with Crippen LogP contribution in [0.2, 0.25) is 0 Å². The van der Waals surface area contributed by atoms with Crippen LogP contribution in [0.25, 0.3) is 0 Å². The van der Waals surface area contributed by atoms with Gasteiger partial charge in [-0.2, -0.15) is 0 Å². The maximum atomic E-state index is 11.9. The van der Waals surface area contributed by atoms with Crippen LogP contribution in [0.4, 0.5) is 4.79 Å². The molecule has 0 aliphatic heterocycles. The normalized spacial score (nSPS) is 10.4. The van der Waals surface area contributed by atoms with Crippen LogP contribution in [-0.4, -0.2) is 54.8 Å². The lowest BCUT2D eigenvalue weighted by Gasteiger charge is -2.26. The lowest BCUT2D eigenvalue weighted by atomic mass is 10.2. The van der Waals surface area contributed by atoms with Gasteiger partial charge in [-0.15, -0.1) is 0 Å². The molecule has 0 aliphatic carbocycles. The van der Waals surface area contributed by atoms with E-state index in [0.29, 0.717) is 25.9 Å².